The van der Waals surface area contributed by atoms with E-state index in [1.54, 1.807) is 0 Å². The summed E-state index contributed by atoms with van der Waals surface area (Å²) in [5.74, 6) is 0.918. The van der Waals surface area contributed by atoms with Gasteiger partial charge in [-0.15, -0.1) is 11.3 Å². The molecule has 0 aliphatic heterocycles. The number of nitrogens with one attached hydrogen (secondary N) is 1. The highest BCUT2D eigenvalue weighted by Crippen LogP contribution is 2.24. The molecule has 0 saturated heterocycles. The number of thiazole rings is 1. The zero-order valence-corrected chi connectivity index (χ0v) is 11.4. The SMILES string of the molecule is Cc1nc(CCNC2CCC(C)C2)sc1C. The second-order valence-corrected chi connectivity index (χ2v) is 6.36. The van der Waals surface area contributed by atoms with E-state index in [1.165, 1.54) is 34.8 Å². The molecule has 1 aliphatic rings. The van der Waals surface area contributed by atoms with Crippen LogP contribution in [0.3, 0.4) is 0 Å². The van der Waals surface area contributed by atoms with Gasteiger partial charge >= 0.3 is 0 Å². The topological polar surface area (TPSA) is 24.9 Å². The van der Waals surface area contributed by atoms with Crippen LogP contribution in [0.2, 0.25) is 0 Å². The second-order valence-electron chi connectivity index (χ2n) is 5.07. The molecule has 16 heavy (non-hydrogen) atoms. The van der Waals surface area contributed by atoms with E-state index in [0.29, 0.717) is 0 Å². The Hall–Kier alpha value is -0.410. The molecule has 1 aromatic heterocycles. The Bertz CT molecular complexity index is 326. The summed E-state index contributed by atoms with van der Waals surface area (Å²) < 4.78 is 0. The number of hydrogen-bond acceptors (Lipinski definition) is 3. The molecular formula is C13H22N2S. The lowest BCUT2D eigenvalue weighted by atomic mass is 10.1. The molecular weight excluding hydrogens is 216 g/mol. The fourth-order valence-electron chi connectivity index (χ4n) is 2.42. The van der Waals surface area contributed by atoms with Gasteiger partial charge in [0.15, 0.2) is 0 Å². The van der Waals surface area contributed by atoms with E-state index >= 15 is 0 Å². The maximum atomic E-state index is 4.57. The van der Waals surface area contributed by atoms with Gasteiger partial charge in [-0.05, 0) is 39.0 Å². The van der Waals surface area contributed by atoms with Crippen LogP contribution in [0.1, 0.15) is 41.8 Å². The van der Waals surface area contributed by atoms with Crippen molar-refractivity contribution in [3.8, 4) is 0 Å². The Morgan fingerprint density at radius 2 is 2.19 bits per heavy atom. The first-order chi connectivity index (χ1) is 7.65. The molecule has 1 fully saturated rings. The van der Waals surface area contributed by atoms with Crippen LogP contribution in [0.25, 0.3) is 0 Å². The zero-order valence-electron chi connectivity index (χ0n) is 10.5. The van der Waals surface area contributed by atoms with Crippen LogP contribution in [0, 0.1) is 19.8 Å². The van der Waals surface area contributed by atoms with Gasteiger partial charge < -0.3 is 5.32 Å². The van der Waals surface area contributed by atoms with Crippen LogP contribution < -0.4 is 5.32 Å². The summed E-state index contributed by atoms with van der Waals surface area (Å²) >= 11 is 1.85. The van der Waals surface area contributed by atoms with Crippen LogP contribution in [-0.2, 0) is 6.42 Å². The van der Waals surface area contributed by atoms with Crippen molar-refractivity contribution in [2.75, 3.05) is 6.54 Å². The van der Waals surface area contributed by atoms with Gasteiger partial charge in [0.1, 0.15) is 0 Å². The van der Waals surface area contributed by atoms with E-state index in [-0.39, 0.29) is 0 Å². The fourth-order valence-corrected chi connectivity index (χ4v) is 3.36. The highest BCUT2D eigenvalue weighted by atomic mass is 32.1. The predicted molar refractivity (Wildman–Crippen MR) is 70.1 cm³/mol. The molecule has 0 spiro atoms. The van der Waals surface area contributed by atoms with Crippen molar-refractivity contribution in [2.24, 2.45) is 5.92 Å². The van der Waals surface area contributed by atoms with Crippen molar-refractivity contribution in [2.45, 2.75) is 52.5 Å². The molecule has 2 unspecified atom stereocenters. The molecule has 1 heterocycles. The van der Waals surface area contributed by atoms with Gasteiger partial charge in [0, 0.05) is 23.9 Å². The quantitative estimate of drug-likeness (QED) is 0.872. The number of aromatic nitrogens is 1. The molecule has 3 heteroatoms. The molecule has 0 aromatic carbocycles. The lowest BCUT2D eigenvalue weighted by molar-refractivity contribution is 0.505. The average molecular weight is 238 g/mol. The molecule has 2 atom stereocenters. The molecule has 1 N–H and O–H groups in total. The number of hydrogen-bond donors (Lipinski definition) is 1. The van der Waals surface area contributed by atoms with Gasteiger partial charge in [0.05, 0.1) is 10.7 Å². The lowest BCUT2D eigenvalue weighted by Crippen LogP contribution is -2.28. The summed E-state index contributed by atoms with van der Waals surface area (Å²) in [6.07, 6.45) is 5.20. The van der Waals surface area contributed by atoms with Crippen molar-refractivity contribution >= 4 is 11.3 Å². The number of aryl methyl sites for hydroxylation is 2. The summed E-state index contributed by atoms with van der Waals surface area (Å²) in [4.78, 5) is 5.93. The first-order valence-corrected chi connectivity index (χ1v) is 7.13. The minimum atomic E-state index is 0.761. The third-order valence-corrected chi connectivity index (χ3v) is 4.67. The van der Waals surface area contributed by atoms with Crippen LogP contribution in [0.15, 0.2) is 0 Å². The van der Waals surface area contributed by atoms with Crippen molar-refractivity contribution in [3.05, 3.63) is 15.6 Å². The van der Waals surface area contributed by atoms with Crippen molar-refractivity contribution in [1.29, 1.82) is 0 Å². The third kappa shape index (κ3) is 3.05. The Morgan fingerprint density at radius 3 is 2.75 bits per heavy atom. The van der Waals surface area contributed by atoms with E-state index in [0.717, 1.165) is 24.9 Å². The van der Waals surface area contributed by atoms with Crippen LogP contribution in [-0.4, -0.2) is 17.6 Å². The van der Waals surface area contributed by atoms with Gasteiger partial charge in [0.25, 0.3) is 0 Å². The molecule has 90 valence electrons. The Morgan fingerprint density at radius 1 is 1.38 bits per heavy atom. The van der Waals surface area contributed by atoms with Gasteiger partial charge in [-0.3, -0.25) is 0 Å². The first kappa shape index (κ1) is 12.1. The summed E-state index contributed by atoms with van der Waals surface area (Å²) in [6.45, 7) is 7.70. The molecule has 1 aliphatic carbocycles. The number of rotatable bonds is 4. The molecule has 1 aromatic rings. The van der Waals surface area contributed by atoms with E-state index < -0.39 is 0 Å². The minimum Gasteiger partial charge on any atom is -0.314 e. The van der Waals surface area contributed by atoms with Crippen LogP contribution >= 0.6 is 11.3 Å². The molecule has 0 bridgehead atoms. The summed E-state index contributed by atoms with van der Waals surface area (Å²) in [5, 5.41) is 4.94. The highest BCUT2D eigenvalue weighted by molar-refractivity contribution is 7.11. The van der Waals surface area contributed by atoms with Crippen LogP contribution in [0.5, 0.6) is 0 Å². The highest BCUT2D eigenvalue weighted by Gasteiger charge is 2.20. The van der Waals surface area contributed by atoms with Crippen molar-refractivity contribution < 1.29 is 0 Å². The predicted octanol–water partition coefficient (Wildman–Crippen LogP) is 3.08. The summed E-state index contributed by atoms with van der Waals surface area (Å²) in [5.41, 5.74) is 1.20. The van der Waals surface area contributed by atoms with E-state index in [9.17, 15) is 0 Å². The Balaban J connectivity index is 1.72. The normalized spacial score (nSPS) is 25.2. The van der Waals surface area contributed by atoms with Crippen LogP contribution in [0.4, 0.5) is 0 Å². The van der Waals surface area contributed by atoms with Gasteiger partial charge in [0.2, 0.25) is 0 Å². The van der Waals surface area contributed by atoms with Gasteiger partial charge in [-0.25, -0.2) is 4.98 Å². The first-order valence-electron chi connectivity index (χ1n) is 6.31. The fraction of sp³-hybridized carbons (Fsp3) is 0.769. The Labute approximate surface area is 102 Å². The minimum absolute atomic E-state index is 0.761. The molecule has 0 amide bonds. The third-order valence-electron chi connectivity index (χ3n) is 3.54. The monoisotopic (exact) mass is 238 g/mol. The summed E-state index contributed by atoms with van der Waals surface area (Å²) in [7, 11) is 0. The Kier molecular flexibility index (Phi) is 3.98. The van der Waals surface area contributed by atoms with E-state index in [1.807, 2.05) is 11.3 Å². The van der Waals surface area contributed by atoms with Gasteiger partial charge in [-0.1, -0.05) is 6.92 Å². The van der Waals surface area contributed by atoms with Crippen molar-refractivity contribution in [3.63, 3.8) is 0 Å². The summed E-state index contributed by atoms with van der Waals surface area (Å²) in [6, 6.07) is 0.761. The molecule has 2 nitrogen and oxygen atoms in total. The van der Waals surface area contributed by atoms with E-state index in [2.05, 4.69) is 31.1 Å². The maximum absolute atomic E-state index is 4.57. The molecule has 1 saturated carbocycles. The molecule has 0 radical (unpaired) electrons. The zero-order chi connectivity index (χ0) is 11.5. The smallest absolute Gasteiger partial charge is 0.0943 e. The van der Waals surface area contributed by atoms with E-state index in [4.69, 9.17) is 0 Å². The standard InChI is InChI=1S/C13H22N2S/c1-9-4-5-12(8-9)14-7-6-13-15-10(2)11(3)16-13/h9,12,14H,4-8H2,1-3H3. The second kappa shape index (κ2) is 5.28. The van der Waals surface area contributed by atoms with Gasteiger partial charge in [-0.2, -0.15) is 0 Å². The maximum Gasteiger partial charge on any atom is 0.0943 e. The largest absolute Gasteiger partial charge is 0.314 e. The average Bonchev–Trinajstić information content (AvgIpc) is 2.75. The number of nitrogens with zero attached hydrogens (tertiary/aromatic N) is 1. The van der Waals surface area contributed by atoms with Crippen molar-refractivity contribution in [1.82, 2.24) is 10.3 Å². The molecule has 2 rings (SSSR count). The lowest BCUT2D eigenvalue weighted by Gasteiger charge is -2.10.